The van der Waals surface area contributed by atoms with Crippen molar-refractivity contribution in [3.8, 4) is 0 Å². The Morgan fingerprint density at radius 2 is 1.56 bits per heavy atom. The van der Waals surface area contributed by atoms with Crippen molar-refractivity contribution in [3.05, 3.63) is 95.1 Å². The summed E-state index contributed by atoms with van der Waals surface area (Å²) in [5, 5.41) is 3.45. The van der Waals surface area contributed by atoms with Gasteiger partial charge >= 0.3 is 0 Å². The van der Waals surface area contributed by atoms with Gasteiger partial charge in [-0.2, -0.15) is 0 Å². The molecule has 0 aliphatic carbocycles. The van der Waals surface area contributed by atoms with Gasteiger partial charge in [0.15, 0.2) is 0 Å². The third kappa shape index (κ3) is 4.20. The van der Waals surface area contributed by atoms with Crippen molar-refractivity contribution in [3.63, 3.8) is 0 Å². The molecule has 0 bridgehead atoms. The zero-order valence-electron chi connectivity index (χ0n) is 15.6. The highest BCUT2D eigenvalue weighted by Crippen LogP contribution is 2.30. The van der Waals surface area contributed by atoms with E-state index in [4.69, 9.17) is 5.73 Å². The fourth-order valence-electron chi connectivity index (χ4n) is 3.41. The number of primary amides is 1. The van der Waals surface area contributed by atoms with Gasteiger partial charge < -0.3 is 5.73 Å². The maximum Gasteiger partial charge on any atom is 0.242 e. The summed E-state index contributed by atoms with van der Waals surface area (Å²) >= 11 is 0. The molecule has 1 amide bonds. The van der Waals surface area contributed by atoms with Crippen LogP contribution in [0.1, 0.15) is 27.8 Å². The predicted octanol–water partition coefficient (Wildman–Crippen LogP) is 2.81. The summed E-state index contributed by atoms with van der Waals surface area (Å²) in [6.45, 7) is 4.56. The second-order valence-electron chi connectivity index (χ2n) is 6.83. The second kappa shape index (κ2) is 8.10. The smallest absolute Gasteiger partial charge is 0.242 e. The van der Waals surface area contributed by atoms with Gasteiger partial charge in [0, 0.05) is 37.8 Å². The average Bonchev–Trinajstić information content (AvgIpc) is 2.67. The predicted molar refractivity (Wildman–Crippen MR) is 106 cm³/mol. The van der Waals surface area contributed by atoms with E-state index in [1.54, 1.807) is 24.8 Å². The number of carbonyl (C=O) groups is 1. The van der Waals surface area contributed by atoms with Crippen LogP contribution in [-0.4, -0.2) is 15.9 Å². The maximum atomic E-state index is 12.8. The quantitative estimate of drug-likeness (QED) is 0.679. The highest BCUT2D eigenvalue weighted by molar-refractivity contribution is 5.87. The third-order valence-electron chi connectivity index (χ3n) is 4.82. The molecule has 0 saturated heterocycles. The highest BCUT2D eigenvalue weighted by Gasteiger charge is 2.39. The van der Waals surface area contributed by atoms with Crippen molar-refractivity contribution in [2.75, 3.05) is 0 Å². The normalized spacial score (nSPS) is 13.1. The van der Waals surface area contributed by atoms with Crippen molar-refractivity contribution < 1.29 is 4.79 Å². The van der Waals surface area contributed by atoms with Gasteiger partial charge in [-0.3, -0.25) is 20.1 Å². The van der Waals surface area contributed by atoms with Gasteiger partial charge in [-0.25, -0.2) is 0 Å². The van der Waals surface area contributed by atoms with Crippen molar-refractivity contribution in [1.82, 2.24) is 15.3 Å². The Hall–Kier alpha value is -3.05. The number of nitrogens with two attached hydrogens (primary N) is 1. The number of carbonyl (C=O) groups excluding carboxylic acids is 1. The monoisotopic (exact) mass is 360 g/mol. The van der Waals surface area contributed by atoms with E-state index < -0.39 is 11.4 Å². The molecule has 5 heteroatoms. The first-order valence-corrected chi connectivity index (χ1v) is 8.92. The zero-order chi connectivity index (χ0) is 19.3. The number of nitrogens with zero attached hydrogens (tertiary/aromatic N) is 2. The molecule has 27 heavy (non-hydrogen) atoms. The average molecular weight is 360 g/mol. The largest absolute Gasteiger partial charge is 0.368 e. The van der Waals surface area contributed by atoms with Gasteiger partial charge in [0.2, 0.25) is 5.91 Å². The van der Waals surface area contributed by atoms with Crippen LogP contribution in [0.5, 0.6) is 0 Å². The standard InChI is InChI=1S/C22H24N4O/c1-16-3-4-20(17(2)13-16)22(21(23)27,14-18-5-9-24-10-6-18)26-15-19-7-11-25-12-8-19/h3-13,26H,14-15H2,1-2H3,(H2,23,27). The van der Waals surface area contributed by atoms with E-state index >= 15 is 0 Å². The van der Waals surface area contributed by atoms with Gasteiger partial charge in [0.25, 0.3) is 0 Å². The Balaban J connectivity index is 2.05. The molecule has 138 valence electrons. The highest BCUT2D eigenvalue weighted by atomic mass is 16.1. The maximum absolute atomic E-state index is 12.8. The number of rotatable bonds is 7. The van der Waals surface area contributed by atoms with E-state index in [2.05, 4.69) is 21.4 Å². The minimum Gasteiger partial charge on any atom is -0.368 e. The SMILES string of the molecule is Cc1ccc(C(Cc2ccncc2)(NCc2ccncc2)C(N)=O)c(C)c1. The van der Waals surface area contributed by atoms with Crippen LogP contribution in [-0.2, 0) is 23.3 Å². The van der Waals surface area contributed by atoms with E-state index in [1.165, 1.54) is 0 Å². The van der Waals surface area contributed by atoms with Crippen LogP contribution in [0.25, 0.3) is 0 Å². The van der Waals surface area contributed by atoms with Gasteiger partial charge in [-0.05, 0) is 60.4 Å². The molecule has 3 aromatic rings. The summed E-state index contributed by atoms with van der Waals surface area (Å²) < 4.78 is 0. The molecule has 0 radical (unpaired) electrons. The Bertz CT molecular complexity index is 912. The van der Waals surface area contributed by atoms with Crippen LogP contribution < -0.4 is 11.1 Å². The zero-order valence-corrected chi connectivity index (χ0v) is 15.6. The van der Waals surface area contributed by atoms with Crippen molar-refractivity contribution in [2.45, 2.75) is 32.4 Å². The summed E-state index contributed by atoms with van der Waals surface area (Å²) in [4.78, 5) is 20.9. The van der Waals surface area contributed by atoms with Crippen molar-refractivity contribution >= 4 is 5.91 Å². The van der Waals surface area contributed by atoms with Crippen LogP contribution >= 0.6 is 0 Å². The summed E-state index contributed by atoms with van der Waals surface area (Å²) in [6, 6.07) is 13.8. The molecule has 1 atom stereocenters. The molecule has 1 aromatic carbocycles. The number of aryl methyl sites for hydroxylation is 2. The van der Waals surface area contributed by atoms with Crippen molar-refractivity contribution in [2.24, 2.45) is 5.73 Å². The summed E-state index contributed by atoms with van der Waals surface area (Å²) in [5.74, 6) is -0.402. The summed E-state index contributed by atoms with van der Waals surface area (Å²) in [7, 11) is 0. The van der Waals surface area contributed by atoms with Gasteiger partial charge in [0.1, 0.15) is 5.54 Å². The number of amides is 1. The molecule has 0 spiro atoms. The molecule has 0 saturated carbocycles. The minimum atomic E-state index is -1.03. The Kier molecular flexibility index (Phi) is 5.62. The third-order valence-corrected chi connectivity index (χ3v) is 4.82. The van der Waals surface area contributed by atoms with Crippen LogP contribution in [0.4, 0.5) is 0 Å². The van der Waals surface area contributed by atoms with E-state index in [0.29, 0.717) is 13.0 Å². The van der Waals surface area contributed by atoms with E-state index in [-0.39, 0.29) is 0 Å². The number of benzene rings is 1. The second-order valence-corrected chi connectivity index (χ2v) is 6.83. The van der Waals surface area contributed by atoms with E-state index in [9.17, 15) is 4.79 Å². The topological polar surface area (TPSA) is 80.9 Å². The molecular formula is C22H24N4O. The Labute approximate surface area is 159 Å². The first kappa shape index (κ1) is 18.7. The van der Waals surface area contributed by atoms with E-state index in [1.807, 2.05) is 50.2 Å². The first-order chi connectivity index (χ1) is 13.0. The lowest BCUT2D eigenvalue weighted by Crippen LogP contribution is -2.54. The molecule has 2 heterocycles. The molecular weight excluding hydrogens is 336 g/mol. The van der Waals surface area contributed by atoms with Crippen LogP contribution in [0.3, 0.4) is 0 Å². The lowest BCUT2D eigenvalue weighted by atomic mass is 9.80. The van der Waals surface area contributed by atoms with Gasteiger partial charge in [0.05, 0.1) is 0 Å². The van der Waals surface area contributed by atoms with Crippen LogP contribution in [0.15, 0.2) is 67.3 Å². The number of hydrogen-bond acceptors (Lipinski definition) is 4. The molecule has 0 aliphatic heterocycles. The number of nitrogens with one attached hydrogen (secondary N) is 1. The number of hydrogen-bond donors (Lipinski definition) is 2. The minimum absolute atomic E-state index is 0.402. The molecule has 3 N–H and O–H groups in total. The molecule has 0 fully saturated rings. The fourth-order valence-corrected chi connectivity index (χ4v) is 3.41. The molecule has 0 aliphatic rings. The van der Waals surface area contributed by atoms with Gasteiger partial charge in [-0.1, -0.05) is 23.8 Å². The first-order valence-electron chi connectivity index (χ1n) is 8.92. The molecule has 1 unspecified atom stereocenters. The summed E-state index contributed by atoms with van der Waals surface area (Å²) in [6.07, 6.45) is 7.38. The van der Waals surface area contributed by atoms with Crippen LogP contribution in [0.2, 0.25) is 0 Å². The van der Waals surface area contributed by atoms with E-state index in [0.717, 1.165) is 27.8 Å². The molecule has 2 aromatic heterocycles. The molecule has 5 nitrogen and oxygen atoms in total. The van der Waals surface area contributed by atoms with Gasteiger partial charge in [-0.15, -0.1) is 0 Å². The molecule has 3 rings (SSSR count). The van der Waals surface area contributed by atoms with Crippen LogP contribution in [0, 0.1) is 13.8 Å². The van der Waals surface area contributed by atoms with Crippen molar-refractivity contribution in [1.29, 1.82) is 0 Å². The fraction of sp³-hybridized carbons (Fsp3) is 0.227. The Morgan fingerprint density at radius 1 is 0.963 bits per heavy atom. The number of aromatic nitrogens is 2. The lowest BCUT2D eigenvalue weighted by molar-refractivity contribution is -0.125. The lowest BCUT2D eigenvalue weighted by Gasteiger charge is -2.34. The Morgan fingerprint density at radius 3 is 2.11 bits per heavy atom. The summed E-state index contributed by atoms with van der Waals surface area (Å²) in [5.41, 5.74) is 10.1. The number of pyridine rings is 2.